The van der Waals surface area contributed by atoms with E-state index in [1.165, 1.54) is 17.7 Å². The molecule has 0 aliphatic carbocycles. The number of sulfonamides is 1. The summed E-state index contributed by atoms with van der Waals surface area (Å²) in [5.74, 6) is 0.668. The summed E-state index contributed by atoms with van der Waals surface area (Å²) in [4.78, 5) is 13.8. The lowest BCUT2D eigenvalue weighted by Gasteiger charge is -2.10. The maximum Gasteiger partial charge on any atom is 0.263 e. The third-order valence-corrected chi connectivity index (χ3v) is 7.60. The molecule has 7 nitrogen and oxygen atoms in total. The lowest BCUT2D eigenvalue weighted by molar-refractivity contribution is 0.601. The van der Waals surface area contributed by atoms with Gasteiger partial charge < -0.3 is 5.32 Å². The monoisotopic (exact) mass is 465 g/mol. The van der Waals surface area contributed by atoms with Gasteiger partial charge in [0.25, 0.3) is 10.0 Å². The van der Waals surface area contributed by atoms with E-state index in [0.29, 0.717) is 10.9 Å². The molecule has 2 N–H and O–H groups in total. The molecule has 0 saturated heterocycles. The van der Waals surface area contributed by atoms with Crippen LogP contribution in [0.2, 0.25) is 0 Å². The van der Waals surface area contributed by atoms with Crippen molar-refractivity contribution in [1.82, 2.24) is 15.0 Å². The molecule has 10 heteroatoms. The summed E-state index contributed by atoms with van der Waals surface area (Å²) >= 11 is 2.78. The molecule has 5 aromatic rings. The first-order valence-corrected chi connectivity index (χ1v) is 12.4. The van der Waals surface area contributed by atoms with Crippen LogP contribution in [0, 0.1) is 0 Å². The van der Waals surface area contributed by atoms with Crippen molar-refractivity contribution < 1.29 is 8.42 Å². The number of aromatic nitrogens is 3. The van der Waals surface area contributed by atoms with Crippen LogP contribution < -0.4 is 10.0 Å². The van der Waals surface area contributed by atoms with Crippen LogP contribution in [0.5, 0.6) is 0 Å². The van der Waals surface area contributed by atoms with Gasteiger partial charge >= 0.3 is 0 Å². The summed E-state index contributed by atoms with van der Waals surface area (Å²) in [7, 11) is -3.70. The number of hydrogen-bond acceptors (Lipinski definition) is 8. The number of thiophene rings is 1. The predicted octanol–water partition coefficient (Wildman–Crippen LogP) is 5.36. The molecule has 0 bridgehead atoms. The van der Waals surface area contributed by atoms with Crippen molar-refractivity contribution >= 4 is 59.6 Å². The van der Waals surface area contributed by atoms with Gasteiger partial charge in [0.1, 0.15) is 17.0 Å². The quantitative estimate of drug-likeness (QED) is 0.350. The second-order valence-electron chi connectivity index (χ2n) is 6.51. The molecule has 0 aliphatic heterocycles. The fraction of sp³-hybridized carbons (Fsp3) is 0. The predicted molar refractivity (Wildman–Crippen MR) is 125 cm³/mol. The molecule has 0 aliphatic rings. The maximum absolute atomic E-state index is 12.5. The summed E-state index contributed by atoms with van der Waals surface area (Å²) in [6.07, 6.45) is 3.07. The minimum Gasteiger partial charge on any atom is -0.340 e. The van der Waals surface area contributed by atoms with Gasteiger partial charge in [-0.15, -0.1) is 22.7 Å². The van der Waals surface area contributed by atoms with E-state index in [9.17, 15) is 8.42 Å². The third-order valence-electron chi connectivity index (χ3n) is 4.54. The van der Waals surface area contributed by atoms with E-state index in [1.807, 2.05) is 30.3 Å². The molecule has 154 valence electrons. The van der Waals surface area contributed by atoms with E-state index < -0.39 is 10.0 Å². The largest absolute Gasteiger partial charge is 0.340 e. The van der Waals surface area contributed by atoms with Crippen LogP contribution in [0.25, 0.3) is 21.3 Å². The number of nitrogens with one attached hydrogen (secondary N) is 2. The average molecular weight is 466 g/mol. The summed E-state index contributed by atoms with van der Waals surface area (Å²) < 4.78 is 27.5. The van der Waals surface area contributed by atoms with Gasteiger partial charge in [-0.1, -0.05) is 30.3 Å². The van der Waals surface area contributed by atoms with Crippen molar-refractivity contribution in [1.29, 1.82) is 0 Å². The van der Waals surface area contributed by atoms with Crippen LogP contribution in [0.3, 0.4) is 0 Å². The Kier molecular flexibility index (Phi) is 5.10. The summed E-state index contributed by atoms with van der Waals surface area (Å²) in [5, 5.41) is 8.34. The van der Waals surface area contributed by atoms with Crippen LogP contribution in [-0.4, -0.2) is 23.4 Å². The average Bonchev–Trinajstić information content (AvgIpc) is 3.45. The van der Waals surface area contributed by atoms with Crippen molar-refractivity contribution in [2.24, 2.45) is 0 Å². The minimum atomic E-state index is -3.70. The van der Waals surface area contributed by atoms with Crippen LogP contribution in [-0.2, 0) is 10.0 Å². The number of hydrogen-bond donors (Lipinski definition) is 2. The van der Waals surface area contributed by atoms with Gasteiger partial charge in [0, 0.05) is 28.2 Å². The van der Waals surface area contributed by atoms with Crippen LogP contribution in [0.15, 0.2) is 82.8 Å². The SMILES string of the molecule is O=S(=O)(Nc1nccs1)c1ccc(Nc2ncnc3scc(-c4ccccc4)c23)cc1. The van der Waals surface area contributed by atoms with Gasteiger partial charge in [-0.2, -0.15) is 0 Å². The summed E-state index contributed by atoms with van der Waals surface area (Å²) in [6, 6.07) is 16.6. The molecule has 31 heavy (non-hydrogen) atoms. The maximum atomic E-state index is 12.5. The van der Waals surface area contributed by atoms with Gasteiger partial charge in [-0.25, -0.2) is 23.4 Å². The van der Waals surface area contributed by atoms with E-state index in [0.717, 1.165) is 27.0 Å². The fourth-order valence-corrected chi connectivity index (χ4v) is 5.81. The Labute approximate surface area is 186 Å². The van der Waals surface area contributed by atoms with Crippen molar-refractivity contribution in [2.45, 2.75) is 4.90 Å². The standard InChI is InChI=1S/C21H15N5O2S3/c27-31(28,26-21-22-10-11-29-21)16-8-6-15(7-9-16)25-19-18-17(14-4-2-1-3-5-14)12-30-20(18)24-13-23-19/h1-13H,(H,22,26)(H,23,24,25). The second-order valence-corrected chi connectivity index (χ2v) is 9.95. The van der Waals surface area contributed by atoms with Gasteiger partial charge in [-0.3, -0.25) is 4.72 Å². The van der Waals surface area contributed by atoms with Crippen molar-refractivity contribution in [3.05, 3.63) is 77.9 Å². The molecule has 0 fully saturated rings. The molecule has 0 unspecified atom stereocenters. The minimum absolute atomic E-state index is 0.154. The molecular formula is C21H15N5O2S3. The Hall–Kier alpha value is -3.34. The highest BCUT2D eigenvalue weighted by Crippen LogP contribution is 2.37. The Morgan fingerprint density at radius 2 is 1.68 bits per heavy atom. The highest BCUT2D eigenvalue weighted by atomic mass is 32.2. The second kappa shape index (κ2) is 8.06. The fourth-order valence-electron chi connectivity index (χ4n) is 3.10. The van der Waals surface area contributed by atoms with Gasteiger partial charge in [0.2, 0.25) is 0 Å². The molecule has 0 amide bonds. The first kappa shape index (κ1) is 19.6. The molecule has 3 aromatic heterocycles. The Bertz CT molecular complexity index is 1430. The van der Waals surface area contributed by atoms with Crippen LogP contribution in [0.4, 0.5) is 16.6 Å². The first-order chi connectivity index (χ1) is 15.1. The normalized spacial score (nSPS) is 11.5. The number of thiazole rings is 1. The molecule has 0 radical (unpaired) electrons. The van der Waals surface area contributed by atoms with Gasteiger partial charge in [-0.05, 0) is 29.8 Å². The highest BCUT2D eigenvalue weighted by molar-refractivity contribution is 7.93. The first-order valence-electron chi connectivity index (χ1n) is 9.17. The van der Waals surface area contributed by atoms with Crippen LogP contribution in [0.1, 0.15) is 0 Å². The zero-order valence-electron chi connectivity index (χ0n) is 15.9. The topological polar surface area (TPSA) is 96.9 Å². The molecule has 3 heterocycles. The molecular weight excluding hydrogens is 450 g/mol. The summed E-state index contributed by atoms with van der Waals surface area (Å²) in [5.41, 5.74) is 2.86. The van der Waals surface area contributed by atoms with E-state index in [4.69, 9.17) is 0 Å². The molecule has 0 atom stereocenters. The number of fused-ring (bicyclic) bond motifs is 1. The number of rotatable bonds is 6. The highest BCUT2D eigenvalue weighted by Gasteiger charge is 2.16. The smallest absolute Gasteiger partial charge is 0.263 e. The number of anilines is 3. The van der Waals surface area contributed by atoms with Crippen molar-refractivity contribution in [3.8, 4) is 11.1 Å². The zero-order chi connectivity index (χ0) is 21.3. The zero-order valence-corrected chi connectivity index (χ0v) is 18.3. The lowest BCUT2D eigenvalue weighted by Crippen LogP contribution is -2.12. The molecule has 5 rings (SSSR count). The third kappa shape index (κ3) is 4.00. The molecule has 0 spiro atoms. The molecule has 2 aromatic carbocycles. The van der Waals surface area contributed by atoms with Crippen molar-refractivity contribution in [3.63, 3.8) is 0 Å². The van der Waals surface area contributed by atoms with E-state index in [1.54, 1.807) is 47.2 Å². The molecule has 0 saturated carbocycles. The van der Waals surface area contributed by atoms with Crippen molar-refractivity contribution in [2.75, 3.05) is 10.0 Å². The Morgan fingerprint density at radius 3 is 2.42 bits per heavy atom. The Morgan fingerprint density at radius 1 is 0.871 bits per heavy atom. The van der Waals surface area contributed by atoms with Crippen LogP contribution >= 0.6 is 22.7 Å². The lowest BCUT2D eigenvalue weighted by atomic mass is 10.1. The number of nitrogens with zero attached hydrogens (tertiary/aromatic N) is 3. The van der Waals surface area contributed by atoms with Gasteiger partial charge in [0.15, 0.2) is 5.13 Å². The van der Waals surface area contributed by atoms with E-state index in [2.05, 4.69) is 30.4 Å². The Balaban J connectivity index is 1.45. The van der Waals surface area contributed by atoms with Gasteiger partial charge in [0.05, 0.1) is 10.3 Å². The van der Waals surface area contributed by atoms with E-state index in [-0.39, 0.29) is 4.90 Å². The summed E-state index contributed by atoms with van der Waals surface area (Å²) in [6.45, 7) is 0. The van der Waals surface area contributed by atoms with E-state index >= 15 is 0 Å². The number of benzene rings is 2.